The summed E-state index contributed by atoms with van der Waals surface area (Å²) in [6, 6.07) is 3.77. The van der Waals surface area contributed by atoms with Crippen LogP contribution in [0.3, 0.4) is 0 Å². The van der Waals surface area contributed by atoms with Gasteiger partial charge in [-0.05, 0) is 25.0 Å². The van der Waals surface area contributed by atoms with E-state index in [4.69, 9.17) is 5.11 Å². The Hall–Kier alpha value is -1.49. The van der Waals surface area contributed by atoms with E-state index in [0.29, 0.717) is 12.8 Å². The molecule has 15 heavy (non-hydrogen) atoms. The Morgan fingerprint density at radius 2 is 2.40 bits per heavy atom. The van der Waals surface area contributed by atoms with Crippen molar-refractivity contribution in [3.8, 4) is 0 Å². The summed E-state index contributed by atoms with van der Waals surface area (Å²) < 4.78 is 0. The van der Waals surface area contributed by atoms with Gasteiger partial charge in [-0.15, -0.1) is 0 Å². The van der Waals surface area contributed by atoms with Crippen molar-refractivity contribution in [1.29, 1.82) is 0 Å². The highest BCUT2D eigenvalue weighted by Gasteiger charge is 2.04. The van der Waals surface area contributed by atoms with Gasteiger partial charge in [0.15, 0.2) is 0 Å². The fourth-order valence-electron chi connectivity index (χ4n) is 1.31. The largest absolute Gasteiger partial charge is 0.481 e. The molecule has 2 aromatic rings. The monoisotopic (exact) mass is 222 g/mol. The molecule has 2 heterocycles. The molecule has 5 heteroatoms. The lowest BCUT2D eigenvalue weighted by Crippen LogP contribution is -1.95. The minimum atomic E-state index is -0.755. The van der Waals surface area contributed by atoms with Gasteiger partial charge in [0.2, 0.25) is 0 Å². The lowest BCUT2D eigenvalue weighted by Gasteiger charge is -1.91. The standard InChI is InChI=1S/C10H10N2O2S/c13-9(14)5-1-4-8-12-7-3-2-6-11-10(7)15-8/h2-3,6H,1,4-5H2,(H,13,14). The van der Waals surface area contributed by atoms with Crippen molar-refractivity contribution < 1.29 is 9.90 Å². The van der Waals surface area contributed by atoms with Gasteiger partial charge in [0, 0.05) is 12.6 Å². The maximum Gasteiger partial charge on any atom is 0.303 e. The van der Waals surface area contributed by atoms with Gasteiger partial charge in [0.05, 0.1) is 5.01 Å². The summed E-state index contributed by atoms with van der Waals surface area (Å²) in [5.74, 6) is -0.755. The lowest BCUT2D eigenvalue weighted by atomic mass is 10.2. The molecular formula is C10H10N2O2S. The number of pyridine rings is 1. The minimum absolute atomic E-state index is 0.198. The Balaban J connectivity index is 2.05. The molecule has 78 valence electrons. The Morgan fingerprint density at radius 1 is 1.53 bits per heavy atom. The van der Waals surface area contributed by atoms with Gasteiger partial charge in [-0.1, -0.05) is 11.3 Å². The van der Waals surface area contributed by atoms with E-state index in [0.717, 1.165) is 15.4 Å². The van der Waals surface area contributed by atoms with Gasteiger partial charge >= 0.3 is 5.97 Å². The first kappa shape index (κ1) is 10.0. The van der Waals surface area contributed by atoms with Crippen molar-refractivity contribution in [1.82, 2.24) is 9.97 Å². The van der Waals surface area contributed by atoms with Gasteiger partial charge in [-0.25, -0.2) is 9.97 Å². The minimum Gasteiger partial charge on any atom is -0.481 e. The Bertz CT molecular complexity index is 448. The van der Waals surface area contributed by atoms with Crippen LogP contribution in [-0.4, -0.2) is 21.0 Å². The van der Waals surface area contributed by atoms with E-state index in [1.165, 1.54) is 11.3 Å². The first-order chi connectivity index (χ1) is 7.25. The molecule has 4 nitrogen and oxygen atoms in total. The summed E-state index contributed by atoms with van der Waals surface area (Å²) in [6.07, 6.45) is 3.29. The zero-order chi connectivity index (χ0) is 10.7. The van der Waals surface area contributed by atoms with Crippen LogP contribution in [0.5, 0.6) is 0 Å². The third-order valence-electron chi connectivity index (χ3n) is 1.99. The average Bonchev–Trinajstić information content (AvgIpc) is 2.59. The van der Waals surface area contributed by atoms with Crippen molar-refractivity contribution in [2.45, 2.75) is 19.3 Å². The summed E-state index contributed by atoms with van der Waals surface area (Å²) >= 11 is 1.53. The van der Waals surface area contributed by atoms with Crippen LogP contribution in [0.2, 0.25) is 0 Å². The number of nitrogens with zero attached hydrogens (tertiary/aromatic N) is 2. The molecule has 2 rings (SSSR count). The Kier molecular flexibility index (Phi) is 2.91. The van der Waals surface area contributed by atoms with Crippen molar-refractivity contribution in [3.05, 3.63) is 23.3 Å². The second-order valence-corrected chi connectivity index (χ2v) is 4.24. The zero-order valence-corrected chi connectivity index (χ0v) is 8.83. The van der Waals surface area contributed by atoms with E-state index >= 15 is 0 Å². The van der Waals surface area contributed by atoms with Crippen molar-refractivity contribution >= 4 is 27.7 Å². The molecule has 0 saturated heterocycles. The molecule has 0 spiro atoms. The third-order valence-corrected chi connectivity index (χ3v) is 3.03. The van der Waals surface area contributed by atoms with Crippen LogP contribution in [-0.2, 0) is 11.2 Å². The quantitative estimate of drug-likeness (QED) is 0.860. The van der Waals surface area contributed by atoms with Crippen LogP contribution >= 0.6 is 11.3 Å². The number of hydrogen-bond acceptors (Lipinski definition) is 4. The molecule has 0 bridgehead atoms. The number of aromatic nitrogens is 2. The molecule has 0 atom stereocenters. The molecule has 0 unspecified atom stereocenters. The maximum atomic E-state index is 10.3. The highest BCUT2D eigenvalue weighted by atomic mass is 32.1. The zero-order valence-electron chi connectivity index (χ0n) is 8.01. The molecular weight excluding hydrogens is 212 g/mol. The molecule has 0 aliphatic carbocycles. The van der Waals surface area contributed by atoms with Gasteiger partial charge in [0.1, 0.15) is 10.3 Å². The number of carboxylic acid groups (broad SMARTS) is 1. The maximum absolute atomic E-state index is 10.3. The summed E-state index contributed by atoms with van der Waals surface area (Å²) in [4.78, 5) is 19.8. The first-order valence-electron chi connectivity index (χ1n) is 4.68. The molecule has 0 fully saturated rings. The molecule has 0 amide bonds. The summed E-state index contributed by atoms with van der Waals surface area (Å²) in [7, 11) is 0. The lowest BCUT2D eigenvalue weighted by molar-refractivity contribution is -0.137. The van der Waals surface area contributed by atoms with Crippen LogP contribution in [0.25, 0.3) is 10.3 Å². The van der Waals surface area contributed by atoms with Crippen LogP contribution in [0.15, 0.2) is 18.3 Å². The molecule has 0 radical (unpaired) electrons. The van der Waals surface area contributed by atoms with E-state index in [9.17, 15) is 4.79 Å². The fraction of sp³-hybridized carbons (Fsp3) is 0.300. The summed E-state index contributed by atoms with van der Waals surface area (Å²) in [6.45, 7) is 0. The number of carbonyl (C=O) groups is 1. The van der Waals surface area contributed by atoms with E-state index in [1.807, 2.05) is 12.1 Å². The molecule has 0 saturated carbocycles. The third kappa shape index (κ3) is 2.50. The number of rotatable bonds is 4. The SMILES string of the molecule is O=C(O)CCCc1nc2cccnc2s1. The predicted octanol–water partition coefficient (Wildman–Crippen LogP) is 2.10. The van der Waals surface area contributed by atoms with Crippen molar-refractivity contribution in [3.63, 3.8) is 0 Å². The molecule has 0 aromatic carbocycles. The smallest absolute Gasteiger partial charge is 0.303 e. The molecule has 2 aromatic heterocycles. The topological polar surface area (TPSA) is 63.1 Å². The molecule has 0 aliphatic rings. The number of aliphatic carboxylic acids is 1. The molecule has 1 N–H and O–H groups in total. The first-order valence-corrected chi connectivity index (χ1v) is 5.49. The second-order valence-electron chi connectivity index (χ2n) is 3.18. The normalized spacial score (nSPS) is 10.7. The second kappa shape index (κ2) is 4.35. The van der Waals surface area contributed by atoms with E-state index in [1.54, 1.807) is 6.20 Å². The Labute approximate surface area is 90.6 Å². The number of aryl methyl sites for hydroxylation is 1. The van der Waals surface area contributed by atoms with Gasteiger partial charge < -0.3 is 5.11 Å². The number of thiazole rings is 1. The van der Waals surface area contributed by atoms with E-state index in [-0.39, 0.29) is 6.42 Å². The number of fused-ring (bicyclic) bond motifs is 1. The van der Waals surface area contributed by atoms with Crippen LogP contribution in [0.1, 0.15) is 17.8 Å². The number of carboxylic acids is 1. The van der Waals surface area contributed by atoms with Gasteiger partial charge in [0.25, 0.3) is 0 Å². The van der Waals surface area contributed by atoms with Crippen LogP contribution in [0.4, 0.5) is 0 Å². The molecule has 0 aliphatic heterocycles. The highest BCUT2D eigenvalue weighted by molar-refractivity contribution is 7.18. The Morgan fingerprint density at radius 3 is 3.13 bits per heavy atom. The predicted molar refractivity (Wildman–Crippen MR) is 58.0 cm³/mol. The summed E-state index contributed by atoms with van der Waals surface area (Å²) in [5, 5.41) is 9.46. The average molecular weight is 222 g/mol. The van der Waals surface area contributed by atoms with E-state index in [2.05, 4.69) is 9.97 Å². The van der Waals surface area contributed by atoms with Gasteiger partial charge in [-0.3, -0.25) is 4.79 Å². The summed E-state index contributed by atoms with van der Waals surface area (Å²) in [5.41, 5.74) is 0.896. The van der Waals surface area contributed by atoms with E-state index < -0.39 is 5.97 Å². The van der Waals surface area contributed by atoms with Gasteiger partial charge in [-0.2, -0.15) is 0 Å². The fourth-order valence-corrected chi connectivity index (χ4v) is 2.26. The highest BCUT2D eigenvalue weighted by Crippen LogP contribution is 2.20. The van der Waals surface area contributed by atoms with Crippen LogP contribution < -0.4 is 0 Å². The van der Waals surface area contributed by atoms with Crippen LogP contribution in [0, 0.1) is 0 Å². The number of hydrogen-bond donors (Lipinski definition) is 1. The van der Waals surface area contributed by atoms with Crippen molar-refractivity contribution in [2.24, 2.45) is 0 Å². The van der Waals surface area contributed by atoms with Crippen molar-refractivity contribution in [2.75, 3.05) is 0 Å².